The Bertz CT molecular complexity index is 682. The van der Waals surface area contributed by atoms with Gasteiger partial charge in [-0.3, -0.25) is 0 Å². The maximum Gasteiger partial charge on any atom is 0.246 e. The van der Waals surface area contributed by atoms with Crippen LogP contribution in [0.15, 0.2) is 32.2 Å². The topological polar surface area (TPSA) is 76.5 Å². The second-order valence-corrected chi connectivity index (χ2v) is 6.78. The quantitative estimate of drug-likeness (QED) is 0.869. The molecule has 0 amide bonds. The van der Waals surface area contributed by atoms with Crippen LogP contribution in [0.25, 0.3) is 11.5 Å². The average Bonchev–Trinajstić information content (AvgIpc) is 3.08. The maximum atomic E-state index is 12.6. The zero-order valence-corrected chi connectivity index (χ0v) is 12.0. The van der Waals surface area contributed by atoms with Gasteiger partial charge >= 0.3 is 0 Å². The number of sulfonamides is 1. The van der Waals surface area contributed by atoms with Gasteiger partial charge in [0.15, 0.2) is 5.76 Å². The van der Waals surface area contributed by atoms with Crippen LogP contribution in [0.2, 0.25) is 0 Å². The van der Waals surface area contributed by atoms with Crippen LogP contribution in [0.1, 0.15) is 25.0 Å². The minimum absolute atomic E-state index is 0.214. The van der Waals surface area contributed by atoms with Gasteiger partial charge < -0.3 is 8.94 Å². The second-order valence-electron chi connectivity index (χ2n) is 4.87. The predicted molar refractivity (Wildman–Crippen MR) is 71.6 cm³/mol. The van der Waals surface area contributed by atoms with Crippen molar-refractivity contribution in [1.29, 1.82) is 0 Å². The molecule has 1 aliphatic rings. The Morgan fingerprint density at radius 2 is 1.95 bits per heavy atom. The lowest BCUT2D eigenvalue weighted by atomic mass is 10.2. The van der Waals surface area contributed by atoms with Crippen LogP contribution >= 0.6 is 0 Å². The van der Waals surface area contributed by atoms with Crippen molar-refractivity contribution in [3.8, 4) is 11.5 Å². The van der Waals surface area contributed by atoms with Gasteiger partial charge in [-0.2, -0.15) is 4.31 Å². The highest BCUT2D eigenvalue weighted by atomic mass is 32.2. The highest BCUT2D eigenvalue weighted by Crippen LogP contribution is 2.30. The van der Waals surface area contributed by atoms with Gasteiger partial charge in [0.1, 0.15) is 10.7 Å². The lowest BCUT2D eigenvalue weighted by Gasteiger charge is -2.25. The molecule has 3 rings (SSSR count). The van der Waals surface area contributed by atoms with Gasteiger partial charge in [0, 0.05) is 25.2 Å². The van der Waals surface area contributed by atoms with Gasteiger partial charge in [-0.05, 0) is 19.8 Å². The Morgan fingerprint density at radius 1 is 1.20 bits per heavy atom. The van der Waals surface area contributed by atoms with Crippen molar-refractivity contribution in [3.05, 3.63) is 24.1 Å². The summed E-state index contributed by atoms with van der Waals surface area (Å²) in [6, 6.07) is 3.15. The molecule has 20 heavy (non-hydrogen) atoms. The summed E-state index contributed by atoms with van der Waals surface area (Å²) >= 11 is 0. The highest BCUT2D eigenvalue weighted by molar-refractivity contribution is 7.89. The smallest absolute Gasteiger partial charge is 0.246 e. The van der Waals surface area contributed by atoms with Gasteiger partial charge in [-0.15, -0.1) is 0 Å². The Kier molecular flexibility index (Phi) is 3.39. The summed E-state index contributed by atoms with van der Waals surface area (Å²) in [7, 11) is -3.49. The van der Waals surface area contributed by atoms with E-state index >= 15 is 0 Å². The molecule has 0 atom stereocenters. The molecular formula is C13H16N2O4S. The van der Waals surface area contributed by atoms with Crippen LogP contribution < -0.4 is 0 Å². The van der Waals surface area contributed by atoms with Crippen molar-refractivity contribution in [3.63, 3.8) is 0 Å². The zero-order chi connectivity index (χ0) is 14.2. The number of nitrogens with zero attached hydrogens (tertiary/aromatic N) is 2. The Morgan fingerprint density at radius 3 is 2.60 bits per heavy atom. The molecule has 1 saturated heterocycles. The van der Waals surface area contributed by atoms with Crippen LogP contribution in [-0.4, -0.2) is 31.0 Å². The van der Waals surface area contributed by atoms with Gasteiger partial charge in [0.05, 0.1) is 6.20 Å². The Labute approximate surface area is 117 Å². The van der Waals surface area contributed by atoms with E-state index in [4.69, 9.17) is 8.94 Å². The van der Waals surface area contributed by atoms with Crippen molar-refractivity contribution in [2.75, 3.05) is 13.1 Å². The Balaban J connectivity index is 1.97. The van der Waals surface area contributed by atoms with Crippen LogP contribution in [0.4, 0.5) is 0 Å². The van der Waals surface area contributed by atoms with Crippen molar-refractivity contribution in [2.24, 2.45) is 0 Å². The fraction of sp³-hybridized carbons (Fsp3) is 0.462. The first-order chi connectivity index (χ1) is 9.59. The Hall–Kier alpha value is -1.60. The molecule has 2 aromatic heterocycles. The molecule has 7 heteroatoms. The number of hydrogen-bond acceptors (Lipinski definition) is 5. The molecule has 108 valence electrons. The number of aromatic nitrogens is 1. The third-order valence-corrected chi connectivity index (χ3v) is 5.49. The van der Waals surface area contributed by atoms with E-state index < -0.39 is 10.0 Å². The van der Waals surface area contributed by atoms with Crippen LogP contribution in [0.3, 0.4) is 0 Å². The number of furan rings is 1. The van der Waals surface area contributed by atoms with Gasteiger partial charge in [0.2, 0.25) is 15.8 Å². The maximum absolute atomic E-state index is 12.6. The summed E-state index contributed by atoms with van der Waals surface area (Å²) in [4.78, 5) is 0.214. The van der Waals surface area contributed by atoms with Gasteiger partial charge in [-0.25, -0.2) is 8.42 Å². The molecule has 0 spiro atoms. The number of hydrogen-bond donors (Lipinski definition) is 0. The number of rotatable bonds is 3. The van der Waals surface area contributed by atoms with Crippen LogP contribution in [0, 0.1) is 6.92 Å². The number of aryl methyl sites for hydroxylation is 1. The second kappa shape index (κ2) is 5.06. The van der Waals surface area contributed by atoms with Crippen LogP contribution in [-0.2, 0) is 10.0 Å². The molecule has 0 saturated carbocycles. The molecule has 0 aromatic carbocycles. The monoisotopic (exact) mass is 296 g/mol. The molecule has 0 aliphatic carbocycles. The normalized spacial score (nSPS) is 17.4. The van der Waals surface area contributed by atoms with Gasteiger partial charge in [-0.1, -0.05) is 11.6 Å². The first-order valence-electron chi connectivity index (χ1n) is 6.60. The molecule has 2 aromatic rings. The molecule has 0 bridgehead atoms. The van der Waals surface area contributed by atoms with Gasteiger partial charge in [0.25, 0.3) is 0 Å². The SMILES string of the molecule is Cc1oc(-c2ccno2)cc1S(=O)(=O)N1CCCCC1. The van der Waals surface area contributed by atoms with E-state index in [9.17, 15) is 8.42 Å². The summed E-state index contributed by atoms with van der Waals surface area (Å²) in [6.45, 7) is 2.80. The van der Waals surface area contributed by atoms with E-state index in [0.29, 0.717) is 30.4 Å². The first kappa shape index (κ1) is 13.4. The lowest BCUT2D eigenvalue weighted by molar-refractivity contribution is 0.346. The van der Waals surface area contributed by atoms with E-state index in [1.807, 2.05) is 0 Å². The van der Waals surface area contributed by atoms with E-state index in [-0.39, 0.29) is 4.90 Å². The predicted octanol–water partition coefficient (Wildman–Crippen LogP) is 2.42. The van der Waals surface area contributed by atoms with Crippen molar-refractivity contribution in [2.45, 2.75) is 31.1 Å². The minimum atomic E-state index is -3.49. The molecule has 1 aliphatic heterocycles. The summed E-state index contributed by atoms with van der Waals surface area (Å²) in [5.74, 6) is 1.19. The lowest BCUT2D eigenvalue weighted by Crippen LogP contribution is -2.35. The summed E-state index contributed by atoms with van der Waals surface area (Å²) in [5, 5.41) is 3.59. The summed E-state index contributed by atoms with van der Waals surface area (Å²) in [5.41, 5.74) is 0. The standard InChI is InChI=1S/C13H16N2O4S/c1-10-13(9-12(18-10)11-5-6-14-19-11)20(16,17)15-7-3-2-4-8-15/h5-6,9H,2-4,7-8H2,1H3. The fourth-order valence-electron chi connectivity index (χ4n) is 2.43. The van der Waals surface area contributed by atoms with Crippen molar-refractivity contribution < 1.29 is 17.4 Å². The molecular weight excluding hydrogens is 280 g/mol. The van der Waals surface area contributed by atoms with E-state index in [2.05, 4.69) is 5.16 Å². The van der Waals surface area contributed by atoms with E-state index in [0.717, 1.165) is 19.3 Å². The van der Waals surface area contributed by atoms with E-state index in [1.165, 1.54) is 16.6 Å². The van der Waals surface area contributed by atoms with Crippen molar-refractivity contribution >= 4 is 10.0 Å². The minimum Gasteiger partial charge on any atom is -0.457 e. The summed E-state index contributed by atoms with van der Waals surface area (Å²) in [6.07, 6.45) is 4.39. The molecule has 0 radical (unpaired) electrons. The number of piperidine rings is 1. The largest absolute Gasteiger partial charge is 0.457 e. The average molecular weight is 296 g/mol. The molecule has 1 fully saturated rings. The third kappa shape index (κ3) is 2.27. The third-order valence-electron chi connectivity index (χ3n) is 3.49. The molecule has 6 nitrogen and oxygen atoms in total. The molecule has 0 N–H and O–H groups in total. The highest BCUT2D eigenvalue weighted by Gasteiger charge is 2.30. The van der Waals surface area contributed by atoms with Crippen molar-refractivity contribution in [1.82, 2.24) is 9.46 Å². The van der Waals surface area contributed by atoms with E-state index in [1.54, 1.807) is 13.0 Å². The molecule has 3 heterocycles. The molecule has 0 unspecified atom stereocenters. The van der Waals surface area contributed by atoms with Crippen LogP contribution in [0.5, 0.6) is 0 Å². The zero-order valence-electron chi connectivity index (χ0n) is 11.2. The first-order valence-corrected chi connectivity index (χ1v) is 8.05. The summed E-state index contributed by atoms with van der Waals surface area (Å²) < 4.78 is 37.2. The fourth-order valence-corrected chi connectivity index (χ4v) is 4.11.